The minimum Gasteiger partial charge on any atom is -0.393 e. The monoisotopic (exact) mass is 280 g/mol. The number of piperidine rings is 1. The zero-order valence-corrected chi connectivity index (χ0v) is 12.6. The topological polar surface area (TPSA) is 66.6 Å². The predicted octanol–water partition coefficient (Wildman–Crippen LogP) is 1.66. The molecule has 1 aliphatic carbocycles. The lowest BCUT2D eigenvalue weighted by molar-refractivity contribution is -0.150. The van der Waals surface area contributed by atoms with Crippen molar-refractivity contribution in [2.45, 2.75) is 76.5 Å². The van der Waals surface area contributed by atoms with E-state index in [9.17, 15) is 9.90 Å². The number of hydrogen-bond acceptors (Lipinski definition) is 3. The number of aliphatic hydroxyl groups excluding tert-OH is 1. The molecule has 2 aliphatic heterocycles. The lowest BCUT2D eigenvalue weighted by Gasteiger charge is -2.45. The molecule has 2 heterocycles. The van der Waals surface area contributed by atoms with E-state index in [-0.39, 0.29) is 23.6 Å². The fourth-order valence-electron chi connectivity index (χ4n) is 4.57. The van der Waals surface area contributed by atoms with Crippen LogP contribution in [0.1, 0.15) is 58.3 Å². The minimum absolute atomic E-state index is 0.211. The molecule has 0 spiro atoms. The van der Waals surface area contributed by atoms with E-state index >= 15 is 0 Å². The highest BCUT2D eigenvalue weighted by Gasteiger charge is 2.50. The zero-order chi connectivity index (χ0) is 14.3. The Labute approximate surface area is 121 Å². The van der Waals surface area contributed by atoms with Gasteiger partial charge in [-0.1, -0.05) is 6.92 Å². The summed E-state index contributed by atoms with van der Waals surface area (Å²) in [6.07, 6.45) is 7.57. The second kappa shape index (κ2) is 5.30. The fourth-order valence-corrected chi connectivity index (χ4v) is 4.57. The summed E-state index contributed by atoms with van der Waals surface area (Å²) in [6, 6.07) is 0.526. The van der Waals surface area contributed by atoms with Gasteiger partial charge in [-0.15, -0.1) is 0 Å². The van der Waals surface area contributed by atoms with Crippen LogP contribution in [0.4, 0.5) is 0 Å². The van der Waals surface area contributed by atoms with Crippen molar-refractivity contribution in [1.29, 1.82) is 0 Å². The van der Waals surface area contributed by atoms with Crippen LogP contribution in [-0.2, 0) is 4.79 Å². The molecule has 3 N–H and O–H groups in total. The number of aliphatic hydroxyl groups is 1. The molecular weight excluding hydrogens is 252 g/mol. The quantitative estimate of drug-likeness (QED) is 0.808. The molecule has 2 unspecified atom stereocenters. The second-order valence-corrected chi connectivity index (χ2v) is 7.39. The van der Waals surface area contributed by atoms with E-state index < -0.39 is 0 Å². The fraction of sp³-hybridized carbons (Fsp3) is 0.938. The first kappa shape index (κ1) is 14.3. The largest absolute Gasteiger partial charge is 0.393 e. The predicted molar refractivity (Wildman–Crippen MR) is 78.0 cm³/mol. The zero-order valence-electron chi connectivity index (χ0n) is 12.6. The Morgan fingerprint density at radius 2 is 1.75 bits per heavy atom. The Morgan fingerprint density at radius 3 is 2.25 bits per heavy atom. The third-order valence-electron chi connectivity index (χ3n) is 6.02. The summed E-state index contributed by atoms with van der Waals surface area (Å²) in [6.45, 7) is 2.75. The van der Waals surface area contributed by atoms with E-state index in [1.165, 1.54) is 0 Å². The van der Waals surface area contributed by atoms with Crippen molar-refractivity contribution in [3.05, 3.63) is 0 Å². The standard InChI is InChI=1S/C16H28N2O2/c1-11-4-6-16(10-17,7-5-11)15(20)18-12-2-3-13(18)9-14(19)8-12/h11-14,19H,2-10,17H2,1H3. The van der Waals surface area contributed by atoms with Gasteiger partial charge in [-0.3, -0.25) is 4.79 Å². The van der Waals surface area contributed by atoms with Crippen LogP contribution in [0.3, 0.4) is 0 Å². The van der Waals surface area contributed by atoms with Gasteiger partial charge in [-0.25, -0.2) is 0 Å². The van der Waals surface area contributed by atoms with Gasteiger partial charge in [0.2, 0.25) is 5.91 Å². The summed E-state index contributed by atoms with van der Waals surface area (Å²) in [5.41, 5.74) is 5.72. The van der Waals surface area contributed by atoms with Crippen LogP contribution in [0, 0.1) is 11.3 Å². The molecule has 114 valence electrons. The molecular formula is C16H28N2O2. The molecule has 4 nitrogen and oxygen atoms in total. The van der Waals surface area contributed by atoms with Crippen molar-refractivity contribution in [3.8, 4) is 0 Å². The van der Waals surface area contributed by atoms with Crippen molar-refractivity contribution in [1.82, 2.24) is 4.90 Å². The molecule has 1 saturated carbocycles. The van der Waals surface area contributed by atoms with E-state index in [0.717, 1.165) is 57.3 Å². The lowest BCUT2D eigenvalue weighted by Crippen LogP contribution is -2.56. The Hall–Kier alpha value is -0.610. The number of fused-ring (bicyclic) bond motifs is 2. The molecule has 2 saturated heterocycles. The maximum Gasteiger partial charge on any atom is 0.230 e. The van der Waals surface area contributed by atoms with Gasteiger partial charge in [0.25, 0.3) is 0 Å². The summed E-state index contributed by atoms with van der Waals surface area (Å²) in [5, 5.41) is 9.89. The van der Waals surface area contributed by atoms with Gasteiger partial charge in [-0.05, 0) is 57.3 Å². The Balaban J connectivity index is 1.78. The Morgan fingerprint density at radius 1 is 1.20 bits per heavy atom. The molecule has 3 fully saturated rings. The van der Waals surface area contributed by atoms with Gasteiger partial charge in [0.1, 0.15) is 0 Å². The highest BCUT2D eigenvalue weighted by molar-refractivity contribution is 5.84. The third kappa shape index (κ3) is 2.27. The Kier molecular flexibility index (Phi) is 3.80. The number of hydrogen-bond donors (Lipinski definition) is 2. The maximum atomic E-state index is 13.1. The van der Waals surface area contributed by atoms with Crippen molar-refractivity contribution in [3.63, 3.8) is 0 Å². The summed E-state index contributed by atoms with van der Waals surface area (Å²) >= 11 is 0. The van der Waals surface area contributed by atoms with Crippen molar-refractivity contribution >= 4 is 5.91 Å². The summed E-state index contributed by atoms with van der Waals surface area (Å²) < 4.78 is 0. The smallest absolute Gasteiger partial charge is 0.230 e. The van der Waals surface area contributed by atoms with Crippen LogP contribution < -0.4 is 5.73 Å². The number of nitrogens with two attached hydrogens (primary N) is 1. The molecule has 0 aromatic rings. The molecule has 2 bridgehead atoms. The van der Waals surface area contributed by atoms with E-state index in [1.54, 1.807) is 0 Å². The average Bonchev–Trinajstić information content (AvgIpc) is 2.71. The van der Waals surface area contributed by atoms with E-state index in [2.05, 4.69) is 11.8 Å². The maximum absolute atomic E-state index is 13.1. The summed E-state index contributed by atoms with van der Waals surface area (Å²) in [5.74, 6) is 1.02. The van der Waals surface area contributed by atoms with Crippen molar-refractivity contribution in [2.75, 3.05) is 6.54 Å². The van der Waals surface area contributed by atoms with Crippen LogP contribution in [0.2, 0.25) is 0 Å². The van der Waals surface area contributed by atoms with Gasteiger partial charge < -0.3 is 15.7 Å². The molecule has 0 aromatic heterocycles. The lowest BCUT2D eigenvalue weighted by atomic mass is 9.69. The van der Waals surface area contributed by atoms with E-state index in [4.69, 9.17) is 5.73 Å². The second-order valence-electron chi connectivity index (χ2n) is 7.39. The van der Waals surface area contributed by atoms with Gasteiger partial charge in [0, 0.05) is 18.6 Å². The third-order valence-corrected chi connectivity index (χ3v) is 6.02. The molecule has 3 aliphatic rings. The molecule has 3 rings (SSSR count). The number of amides is 1. The van der Waals surface area contributed by atoms with Crippen LogP contribution in [0.15, 0.2) is 0 Å². The van der Waals surface area contributed by atoms with Crippen LogP contribution in [0.25, 0.3) is 0 Å². The summed E-state index contributed by atoms with van der Waals surface area (Å²) in [4.78, 5) is 15.3. The SMILES string of the molecule is CC1CCC(CN)(C(=O)N2C3CCC2CC(O)C3)CC1. The van der Waals surface area contributed by atoms with Crippen molar-refractivity contribution in [2.24, 2.45) is 17.1 Å². The first-order valence-corrected chi connectivity index (χ1v) is 8.26. The highest BCUT2D eigenvalue weighted by Crippen LogP contribution is 2.44. The van der Waals surface area contributed by atoms with Gasteiger partial charge >= 0.3 is 0 Å². The van der Waals surface area contributed by atoms with Gasteiger partial charge in [-0.2, -0.15) is 0 Å². The first-order chi connectivity index (χ1) is 9.55. The number of rotatable bonds is 2. The van der Waals surface area contributed by atoms with Crippen LogP contribution in [-0.4, -0.2) is 40.6 Å². The summed E-state index contributed by atoms with van der Waals surface area (Å²) in [7, 11) is 0. The molecule has 0 aromatic carbocycles. The van der Waals surface area contributed by atoms with Crippen LogP contribution in [0.5, 0.6) is 0 Å². The van der Waals surface area contributed by atoms with Gasteiger partial charge in [0.05, 0.1) is 11.5 Å². The van der Waals surface area contributed by atoms with E-state index in [0.29, 0.717) is 12.5 Å². The molecule has 20 heavy (non-hydrogen) atoms. The Bertz CT molecular complexity index is 363. The normalized spacial score (nSPS) is 44.6. The molecule has 4 heteroatoms. The van der Waals surface area contributed by atoms with Gasteiger partial charge in [0.15, 0.2) is 0 Å². The minimum atomic E-state index is -0.310. The molecule has 2 atom stereocenters. The van der Waals surface area contributed by atoms with E-state index in [1.807, 2.05) is 0 Å². The van der Waals surface area contributed by atoms with Crippen LogP contribution >= 0.6 is 0 Å². The number of nitrogens with zero attached hydrogens (tertiary/aromatic N) is 1. The molecule has 1 amide bonds. The highest BCUT2D eigenvalue weighted by atomic mass is 16.3. The molecule has 0 radical (unpaired) electrons. The number of carbonyl (C=O) groups excluding carboxylic acids is 1. The average molecular weight is 280 g/mol. The number of carbonyl (C=O) groups is 1. The first-order valence-electron chi connectivity index (χ1n) is 8.26. The van der Waals surface area contributed by atoms with Crippen molar-refractivity contribution < 1.29 is 9.90 Å².